The van der Waals surface area contributed by atoms with E-state index in [1.807, 2.05) is 24.3 Å². The van der Waals surface area contributed by atoms with Gasteiger partial charge < -0.3 is 4.74 Å². The van der Waals surface area contributed by atoms with E-state index >= 15 is 0 Å². The van der Waals surface area contributed by atoms with Crippen molar-refractivity contribution in [2.45, 2.75) is 6.54 Å². The number of nitrogens with zero attached hydrogens (tertiary/aromatic N) is 2. The fourth-order valence-corrected chi connectivity index (χ4v) is 4.05. The smallest absolute Gasteiger partial charge is 0.216 e. The van der Waals surface area contributed by atoms with Crippen LogP contribution in [0.4, 0.5) is 4.39 Å². The number of hydrogen-bond donors (Lipinski definition) is 0. The molecule has 136 valence electrons. The Morgan fingerprint density at radius 1 is 1.19 bits per heavy atom. The summed E-state index contributed by atoms with van der Waals surface area (Å²) in [6, 6.07) is 15.0. The quantitative estimate of drug-likeness (QED) is 0.485. The third-order valence-corrected chi connectivity index (χ3v) is 5.43. The molecule has 27 heavy (non-hydrogen) atoms. The fraction of sp³-hybridized carbons (Fsp3) is 0.100. The highest BCUT2D eigenvalue weighted by Gasteiger charge is 2.17. The second-order valence-corrected chi connectivity index (χ2v) is 7.70. The van der Waals surface area contributed by atoms with Crippen molar-refractivity contribution in [1.82, 2.24) is 9.78 Å². The number of thiophene rings is 1. The largest absolute Gasteiger partial charge is 0.496 e. The number of methoxy groups -OCH3 is 1. The van der Waals surface area contributed by atoms with E-state index in [0.29, 0.717) is 33.1 Å². The predicted molar refractivity (Wildman–Crippen MR) is 106 cm³/mol. The molecule has 0 aliphatic carbocycles. The van der Waals surface area contributed by atoms with Gasteiger partial charge in [-0.05, 0) is 42.5 Å². The number of benzene rings is 2. The second kappa shape index (κ2) is 7.13. The minimum atomic E-state index is -0.461. The molecule has 0 N–H and O–H groups in total. The second-order valence-electron chi connectivity index (χ2n) is 5.90. The van der Waals surface area contributed by atoms with Crippen molar-refractivity contribution in [2.24, 2.45) is 0 Å². The van der Waals surface area contributed by atoms with Crippen LogP contribution in [0, 0.1) is 5.82 Å². The van der Waals surface area contributed by atoms with E-state index in [1.54, 1.807) is 16.8 Å². The zero-order chi connectivity index (χ0) is 19.0. The first kappa shape index (κ1) is 17.7. The van der Waals surface area contributed by atoms with E-state index in [0.717, 1.165) is 4.88 Å². The van der Waals surface area contributed by atoms with Crippen LogP contribution in [0.3, 0.4) is 0 Å². The summed E-state index contributed by atoms with van der Waals surface area (Å²) in [6.07, 6.45) is 0. The molecule has 0 aliphatic heterocycles. The minimum absolute atomic E-state index is 0.146. The van der Waals surface area contributed by atoms with E-state index < -0.39 is 5.82 Å². The van der Waals surface area contributed by atoms with E-state index in [2.05, 4.69) is 5.10 Å². The van der Waals surface area contributed by atoms with Crippen LogP contribution in [0.5, 0.6) is 5.75 Å². The number of halogens is 2. The molecule has 0 saturated heterocycles. The highest BCUT2D eigenvalue weighted by atomic mass is 35.5. The molecule has 0 radical (unpaired) electrons. The number of fused-ring (bicyclic) bond motifs is 1. The summed E-state index contributed by atoms with van der Waals surface area (Å²) in [5.41, 5.74) is 0.903. The molecule has 4 rings (SSSR count). The molecule has 2 heterocycles. The van der Waals surface area contributed by atoms with Gasteiger partial charge in [0.1, 0.15) is 17.3 Å². The topological polar surface area (TPSA) is 44.1 Å². The van der Waals surface area contributed by atoms with Crippen molar-refractivity contribution in [3.63, 3.8) is 0 Å². The maximum absolute atomic E-state index is 13.9. The first-order valence-electron chi connectivity index (χ1n) is 8.15. The zero-order valence-corrected chi connectivity index (χ0v) is 15.9. The minimum Gasteiger partial charge on any atom is -0.496 e. The highest BCUT2D eigenvalue weighted by molar-refractivity contribution is 7.16. The van der Waals surface area contributed by atoms with Gasteiger partial charge in [-0.3, -0.25) is 9.48 Å². The average Bonchev–Trinajstić information content (AvgIpc) is 3.09. The summed E-state index contributed by atoms with van der Waals surface area (Å²) in [4.78, 5) is 14.0. The third-order valence-electron chi connectivity index (χ3n) is 4.21. The summed E-state index contributed by atoms with van der Waals surface area (Å²) in [7, 11) is 1.48. The molecule has 7 heteroatoms. The van der Waals surface area contributed by atoms with Gasteiger partial charge in [-0.25, -0.2) is 4.39 Å². The number of hydrogen-bond acceptors (Lipinski definition) is 4. The summed E-state index contributed by atoms with van der Waals surface area (Å²) >= 11 is 7.48. The molecule has 0 saturated carbocycles. The van der Waals surface area contributed by atoms with Gasteiger partial charge in [0.05, 0.1) is 29.1 Å². The van der Waals surface area contributed by atoms with E-state index in [9.17, 15) is 9.18 Å². The van der Waals surface area contributed by atoms with Crippen LogP contribution < -0.4 is 10.2 Å². The molecule has 4 nitrogen and oxygen atoms in total. The fourth-order valence-electron chi connectivity index (χ4n) is 2.98. The Bertz CT molecular complexity index is 1200. The van der Waals surface area contributed by atoms with Gasteiger partial charge >= 0.3 is 0 Å². The van der Waals surface area contributed by atoms with Crippen LogP contribution in [-0.2, 0) is 6.54 Å². The Hall–Kier alpha value is -2.70. The Morgan fingerprint density at radius 2 is 2.00 bits per heavy atom. The first-order valence-corrected chi connectivity index (χ1v) is 9.34. The number of ether oxygens (including phenoxy) is 1. The molecule has 0 atom stereocenters. The Kier molecular flexibility index (Phi) is 4.68. The van der Waals surface area contributed by atoms with Crippen LogP contribution in [0.25, 0.3) is 22.2 Å². The predicted octanol–water partition coefficient (Wildman–Crippen LogP) is 4.97. The molecule has 2 aromatic heterocycles. The van der Waals surface area contributed by atoms with Crippen molar-refractivity contribution in [1.29, 1.82) is 0 Å². The molecular weight excluding hydrogens is 387 g/mol. The van der Waals surface area contributed by atoms with Gasteiger partial charge in [0.2, 0.25) is 5.43 Å². The van der Waals surface area contributed by atoms with Crippen molar-refractivity contribution >= 4 is 33.8 Å². The van der Waals surface area contributed by atoms with Crippen LogP contribution in [0.1, 0.15) is 4.88 Å². The Morgan fingerprint density at radius 3 is 2.74 bits per heavy atom. The van der Waals surface area contributed by atoms with Crippen molar-refractivity contribution < 1.29 is 9.13 Å². The number of rotatable bonds is 4. The van der Waals surface area contributed by atoms with E-state index in [1.165, 1.54) is 36.6 Å². The van der Waals surface area contributed by atoms with Crippen LogP contribution >= 0.6 is 22.9 Å². The molecule has 0 aliphatic rings. The van der Waals surface area contributed by atoms with Gasteiger partial charge in [-0.1, -0.05) is 23.7 Å². The van der Waals surface area contributed by atoms with Gasteiger partial charge in [0, 0.05) is 10.3 Å². The van der Waals surface area contributed by atoms with Gasteiger partial charge in [0.25, 0.3) is 0 Å². The zero-order valence-electron chi connectivity index (χ0n) is 14.3. The van der Waals surface area contributed by atoms with E-state index in [-0.39, 0.29) is 11.1 Å². The molecule has 0 bridgehead atoms. The lowest BCUT2D eigenvalue weighted by Gasteiger charge is -2.13. The average molecular weight is 401 g/mol. The molecule has 4 aromatic rings. The summed E-state index contributed by atoms with van der Waals surface area (Å²) in [5, 5.41) is 5.06. The van der Waals surface area contributed by atoms with Crippen molar-refractivity contribution in [3.8, 4) is 17.0 Å². The monoisotopic (exact) mass is 400 g/mol. The molecule has 0 unspecified atom stereocenters. The van der Waals surface area contributed by atoms with Crippen LogP contribution in [0.2, 0.25) is 4.34 Å². The van der Waals surface area contributed by atoms with Crippen molar-refractivity contribution in [3.05, 3.63) is 79.9 Å². The number of para-hydroxylation sites is 1. The normalized spacial score (nSPS) is 11.1. The Balaban J connectivity index is 1.98. The standard InChI is InChI=1S/C20H14ClFN2O2S/c1-26-17-8-6-12(22)10-15(17)19-20(25)14-4-2-3-5-16(14)24(23-19)11-13-7-9-18(21)27-13/h2-10H,11H2,1H3. The molecule has 0 fully saturated rings. The molecular formula is C20H14ClFN2O2S. The van der Waals surface area contributed by atoms with Crippen LogP contribution in [-0.4, -0.2) is 16.9 Å². The van der Waals surface area contributed by atoms with Gasteiger partial charge in [-0.15, -0.1) is 11.3 Å². The number of aromatic nitrogens is 2. The lowest BCUT2D eigenvalue weighted by Crippen LogP contribution is -2.17. The first-order chi connectivity index (χ1) is 13.1. The molecule has 0 amide bonds. The summed E-state index contributed by atoms with van der Waals surface area (Å²) in [6.45, 7) is 0.447. The van der Waals surface area contributed by atoms with Gasteiger partial charge in [0.15, 0.2) is 0 Å². The van der Waals surface area contributed by atoms with Crippen LogP contribution in [0.15, 0.2) is 59.4 Å². The molecule has 0 spiro atoms. The van der Waals surface area contributed by atoms with E-state index in [4.69, 9.17) is 16.3 Å². The maximum atomic E-state index is 13.9. The Labute approximate surface area is 163 Å². The summed E-state index contributed by atoms with van der Waals surface area (Å²) < 4.78 is 21.6. The third kappa shape index (κ3) is 3.34. The SMILES string of the molecule is COc1ccc(F)cc1-c1nn(Cc2ccc(Cl)s2)c2ccccc2c1=O. The summed E-state index contributed by atoms with van der Waals surface area (Å²) in [5.74, 6) is -0.0706. The van der Waals surface area contributed by atoms with Gasteiger partial charge in [-0.2, -0.15) is 5.10 Å². The highest BCUT2D eigenvalue weighted by Crippen LogP contribution is 2.29. The lowest BCUT2D eigenvalue weighted by atomic mass is 10.1. The van der Waals surface area contributed by atoms with Crippen molar-refractivity contribution in [2.75, 3.05) is 7.11 Å². The lowest BCUT2D eigenvalue weighted by molar-refractivity contribution is 0.415. The molecule has 2 aromatic carbocycles. The maximum Gasteiger partial charge on any atom is 0.216 e.